The van der Waals surface area contributed by atoms with Gasteiger partial charge >= 0.3 is 0 Å². The number of hydrogen-bond donors (Lipinski definition) is 3. The van der Waals surface area contributed by atoms with E-state index in [0.29, 0.717) is 22.4 Å². The molecule has 1 amide bonds. The number of amides is 1. The first-order valence-corrected chi connectivity index (χ1v) is 9.52. The summed E-state index contributed by atoms with van der Waals surface area (Å²) in [4.78, 5) is 12.0. The predicted molar refractivity (Wildman–Crippen MR) is 107 cm³/mol. The maximum Gasteiger partial charge on any atom is 0.276 e. The van der Waals surface area contributed by atoms with E-state index in [1.54, 1.807) is 0 Å². The zero-order valence-corrected chi connectivity index (χ0v) is 16.9. The first-order chi connectivity index (χ1) is 12.4. The highest BCUT2D eigenvalue weighted by Gasteiger charge is 2.16. The zero-order chi connectivity index (χ0) is 19.1. The quantitative estimate of drug-likeness (QED) is 0.504. The molecule has 1 aliphatic rings. The van der Waals surface area contributed by atoms with Crippen molar-refractivity contribution in [2.45, 2.75) is 45.6 Å². The van der Waals surface area contributed by atoms with Crippen molar-refractivity contribution in [3.05, 3.63) is 28.3 Å². The van der Waals surface area contributed by atoms with Gasteiger partial charge in [-0.15, -0.1) is 0 Å². The fourth-order valence-corrected chi connectivity index (χ4v) is 2.91. The molecule has 0 aromatic heterocycles. The third-order valence-electron chi connectivity index (χ3n) is 4.10. The third-order valence-corrected chi connectivity index (χ3v) is 4.76. The van der Waals surface area contributed by atoms with Crippen molar-refractivity contribution in [2.24, 2.45) is 0 Å². The number of nitrogens with one attached hydrogen (secondary N) is 3. The molecule has 8 heteroatoms. The summed E-state index contributed by atoms with van der Waals surface area (Å²) < 4.78 is 11.2. The molecular weight excluding hydrogens is 374 g/mol. The van der Waals surface area contributed by atoms with E-state index in [0.717, 1.165) is 30.6 Å². The summed E-state index contributed by atoms with van der Waals surface area (Å²) in [5.41, 5.74) is 7.06. The second-order valence-corrected chi connectivity index (χ2v) is 7.42. The number of carbonyl (C=O) groups excluding carboxylic acids is 1. The van der Waals surface area contributed by atoms with Crippen LogP contribution in [0.25, 0.3) is 0 Å². The van der Waals surface area contributed by atoms with Crippen LogP contribution in [0.2, 0.25) is 5.02 Å². The topological polar surface area (TPSA) is 71.6 Å². The lowest BCUT2D eigenvalue weighted by Gasteiger charge is -2.17. The van der Waals surface area contributed by atoms with E-state index >= 15 is 0 Å². The largest absolute Gasteiger partial charge is 0.483 e. The van der Waals surface area contributed by atoms with Crippen LogP contribution in [0.5, 0.6) is 5.75 Å². The highest BCUT2D eigenvalue weighted by molar-refractivity contribution is 7.80. The van der Waals surface area contributed by atoms with Gasteiger partial charge in [0.1, 0.15) is 5.75 Å². The predicted octanol–water partition coefficient (Wildman–Crippen LogP) is 2.82. The molecular formula is C18H26ClN3O3S. The van der Waals surface area contributed by atoms with Gasteiger partial charge in [-0.05, 0) is 61.2 Å². The Morgan fingerprint density at radius 3 is 2.85 bits per heavy atom. The molecule has 1 unspecified atom stereocenters. The van der Waals surface area contributed by atoms with Gasteiger partial charge in [-0.25, -0.2) is 0 Å². The Kier molecular flexibility index (Phi) is 7.93. The zero-order valence-electron chi connectivity index (χ0n) is 15.4. The lowest BCUT2D eigenvalue weighted by Crippen LogP contribution is -2.49. The molecule has 1 aromatic rings. The van der Waals surface area contributed by atoms with Gasteiger partial charge in [0.05, 0.1) is 6.10 Å². The molecule has 26 heavy (non-hydrogen) atoms. The summed E-state index contributed by atoms with van der Waals surface area (Å²) in [6.45, 7) is 7.30. The summed E-state index contributed by atoms with van der Waals surface area (Å²) >= 11 is 11.3. The fourth-order valence-electron chi connectivity index (χ4n) is 2.61. The Labute approximate surface area is 164 Å². The van der Waals surface area contributed by atoms with E-state index in [9.17, 15) is 4.79 Å². The Bertz CT molecular complexity index is 649. The van der Waals surface area contributed by atoms with Crippen molar-refractivity contribution in [1.29, 1.82) is 0 Å². The lowest BCUT2D eigenvalue weighted by atomic mass is 10.0. The van der Waals surface area contributed by atoms with Crippen LogP contribution in [-0.4, -0.2) is 36.9 Å². The summed E-state index contributed by atoms with van der Waals surface area (Å²) in [5.74, 6) is 0.573. The molecule has 1 fully saturated rings. The van der Waals surface area contributed by atoms with Crippen LogP contribution in [0.3, 0.4) is 0 Å². The van der Waals surface area contributed by atoms with Gasteiger partial charge in [0.25, 0.3) is 5.91 Å². The number of rotatable bonds is 6. The van der Waals surface area contributed by atoms with Gasteiger partial charge in [-0.2, -0.15) is 0 Å². The van der Waals surface area contributed by atoms with Crippen LogP contribution >= 0.6 is 23.8 Å². The van der Waals surface area contributed by atoms with Crippen molar-refractivity contribution >= 4 is 34.8 Å². The molecule has 1 atom stereocenters. The van der Waals surface area contributed by atoms with E-state index < -0.39 is 0 Å². The summed E-state index contributed by atoms with van der Waals surface area (Å²) in [5, 5.41) is 4.05. The number of carbonyl (C=O) groups is 1. The SMILES string of the molecule is Cc1cc(OCC(=O)NNC(=S)NCC2CCCO2)c(C(C)C)cc1Cl. The van der Waals surface area contributed by atoms with Gasteiger partial charge in [0.15, 0.2) is 11.7 Å². The second-order valence-electron chi connectivity index (χ2n) is 6.60. The second kappa shape index (κ2) is 9.94. The molecule has 0 radical (unpaired) electrons. The Balaban J connectivity index is 1.76. The van der Waals surface area contributed by atoms with Crippen LogP contribution in [0.15, 0.2) is 12.1 Å². The van der Waals surface area contributed by atoms with Crippen molar-refractivity contribution in [1.82, 2.24) is 16.2 Å². The van der Waals surface area contributed by atoms with Crippen molar-refractivity contribution in [3.63, 3.8) is 0 Å². The Morgan fingerprint density at radius 2 is 2.19 bits per heavy atom. The van der Waals surface area contributed by atoms with Gasteiger partial charge in [0.2, 0.25) is 0 Å². The molecule has 0 saturated carbocycles. The number of thiocarbonyl (C=S) groups is 1. The van der Waals surface area contributed by atoms with Gasteiger partial charge in [-0.3, -0.25) is 15.6 Å². The fraction of sp³-hybridized carbons (Fsp3) is 0.556. The van der Waals surface area contributed by atoms with E-state index in [-0.39, 0.29) is 24.5 Å². The minimum Gasteiger partial charge on any atom is -0.483 e. The summed E-state index contributed by atoms with van der Waals surface area (Å²) in [6, 6.07) is 3.74. The third kappa shape index (κ3) is 6.30. The molecule has 1 aliphatic heterocycles. The van der Waals surface area contributed by atoms with E-state index in [1.165, 1.54) is 0 Å². The number of aryl methyl sites for hydroxylation is 1. The molecule has 3 N–H and O–H groups in total. The monoisotopic (exact) mass is 399 g/mol. The van der Waals surface area contributed by atoms with Crippen LogP contribution in [-0.2, 0) is 9.53 Å². The average Bonchev–Trinajstić information content (AvgIpc) is 3.12. The molecule has 0 spiro atoms. The highest BCUT2D eigenvalue weighted by Crippen LogP contribution is 2.31. The standard InChI is InChI=1S/C18H26ClN3O3S/c1-11(2)14-8-15(19)12(3)7-16(14)25-10-17(23)21-22-18(26)20-9-13-5-4-6-24-13/h7-8,11,13H,4-6,9-10H2,1-3H3,(H,21,23)(H2,20,22,26). The smallest absolute Gasteiger partial charge is 0.276 e. The van der Waals surface area contributed by atoms with Crippen LogP contribution < -0.4 is 20.9 Å². The highest BCUT2D eigenvalue weighted by atomic mass is 35.5. The van der Waals surface area contributed by atoms with E-state index in [1.807, 2.05) is 32.9 Å². The minimum absolute atomic E-state index is 0.123. The molecule has 6 nitrogen and oxygen atoms in total. The van der Waals surface area contributed by atoms with E-state index in [4.69, 9.17) is 33.3 Å². The Morgan fingerprint density at radius 1 is 1.42 bits per heavy atom. The number of ether oxygens (including phenoxy) is 2. The van der Waals surface area contributed by atoms with Gasteiger partial charge < -0.3 is 14.8 Å². The molecule has 0 aliphatic carbocycles. The maximum absolute atomic E-state index is 12.0. The van der Waals surface area contributed by atoms with Crippen molar-refractivity contribution in [3.8, 4) is 5.75 Å². The number of halogens is 1. The molecule has 2 rings (SSSR count). The average molecular weight is 400 g/mol. The molecule has 1 aromatic carbocycles. The normalized spacial score (nSPS) is 16.4. The number of hydrazine groups is 1. The van der Waals surface area contributed by atoms with Gasteiger partial charge in [-0.1, -0.05) is 25.4 Å². The number of benzene rings is 1. The van der Waals surface area contributed by atoms with Gasteiger partial charge in [0, 0.05) is 18.2 Å². The Hall–Kier alpha value is -1.57. The van der Waals surface area contributed by atoms with E-state index in [2.05, 4.69) is 16.2 Å². The van der Waals surface area contributed by atoms with Crippen molar-refractivity contribution in [2.75, 3.05) is 19.8 Å². The summed E-state index contributed by atoms with van der Waals surface area (Å²) in [6.07, 6.45) is 2.27. The maximum atomic E-state index is 12.0. The molecule has 1 saturated heterocycles. The van der Waals surface area contributed by atoms with Crippen LogP contribution in [0.1, 0.15) is 43.7 Å². The minimum atomic E-state index is -0.325. The first-order valence-electron chi connectivity index (χ1n) is 8.74. The lowest BCUT2D eigenvalue weighted by molar-refractivity contribution is -0.123. The molecule has 144 valence electrons. The number of hydrogen-bond acceptors (Lipinski definition) is 4. The molecule has 0 bridgehead atoms. The van der Waals surface area contributed by atoms with Crippen LogP contribution in [0, 0.1) is 6.92 Å². The van der Waals surface area contributed by atoms with Crippen LogP contribution in [0.4, 0.5) is 0 Å². The first kappa shape index (κ1) is 20.7. The summed E-state index contributed by atoms with van der Waals surface area (Å²) in [7, 11) is 0. The molecule has 1 heterocycles. The van der Waals surface area contributed by atoms with Crippen molar-refractivity contribution < 1.29 is 14.3 Å².